The molecule has 2 rings (SSSR count). The topological polar surface area (TPSA) is 38.2 Å². The van der Waals surface area contributed by atoms with Crippen LogP contribution in [0.2, 0.25) is 0 Å². The van der Waals surface area contributed by atoms with Gasteiger partial charge in [-0.3, -0.25) is 0 Å². The van der Waals surface area contributed by atoms with Crippen LogP contribution in [0.25, 0.3) is 0 Å². The van der Waals surface area contributed by atoms with Crippen LogP contribution in [0.1, 0.15) is 13.8 Å². The zero-order valence-electron chi connectivity index (χ0n) is 13.1. The molecule has 0 fully saturated rings. The fourth-order valence-corrected chi connectivity index (χ4v) is 2.47. The van der Waals surface area contributed by atoms with Crippen LogP contribution in [-0.4, -0.2) is 28.6 Å². The number of alkyl halides is 3. The number of halogens is 4. The SMILES string of the molecule is CSc1nccc(N(c2ccc(F)cc2OC(F)(F)F)C(C)C)n1. The molecule has 0 spiro atoms. The maximum Gasteiger partial charge on any atom is 0.573 e. The van der Waals surface area contributed by atoms with Gasteiger partial charge in [-0.2, -0.15) is 0 Å². The van der Waals surface area contributed by atoms with Crippen molar-refractivity contribution in [3.8, 4) is 5.75 Å². The van der Waals surface area contributed by atoms with Crippen molar-refractivity contribution in [2.24, 2.45) is 0 Å². The lowest BCUT2D eigenvalue weighted by Gasteiger charge is -2.29. The van der Waals surface area contributed by atoms with Gasteiger partial charge in [0.25, 0.3) is 0 Å². The summed E-state index contributed by atoms with van der Waals surface area (Å²) in [7, 11) is 0. The molecular weight excluding hydrogens is 346 g/mol. The van der Waals surface area contributed by atoms with Gasteiger partial charge in [0.2, 0.25) is 0 Å². The summed E-state index contributed by atoms with van der Waals surface area (Å²) >= 11 is 1.30. The molecule has 0 unspecified atom stereocenters. The Bertz CT molecular complexity index is 709. The van der Waals surface area contributed by atoms with Crippen molar-refractivity contribution < 1.29 is 22.3 Å². The minimum absolute atomic E-state index is 0.0643. The van der Waals surface area contributed by atoms with Gasteiger partial charge in [-0.25, -0.2) is 14.4 Å². The molecule has 1 aromatic heterocycles. The Balaban J connectivity index is 2.55. The molecule has 0 bridgehead atoms. The first-order valence-corrected chi connectivity index (χ1v) is 8.15. The monoisotopic (exact) mass is 361 g/mol. The lowest BCUT2D eigenvalue weighted by Crippen LogP contribution is -2.28. The first kappa shape index (κ1) is 18.3. The molecule has 0 aliphatic carbocycles. The van der Waals surface area contributed by atoms with Crippen LogP contribution in [0, 0.1) is 5.82 Å². The zero-order chi connectivity index (χ0) is 17.9. The first-order chi connectivity index (χ1) is 11.2. The van der Waals surface area contributed by atoms with E-state index in [4.69, 9.17) is 0 Å². The second-order valence-electron chi connectivity index (χ2n) is 5.03. The Labute approximate surface area is 140 Å². The number of thioether (sulfide) groups is 1. The molecule has 0 amide bonds. The van der Waals surface area contributed by atoms with Crippen molar-refractivity contribution in [1.82, 2.24) is 9.97 Å². The Morgan fingerprint density at radius 3 is 2.50 bits per heavy atom. The standard InChI is InChI=1S/C15H15F4N3OS/c1-9(2)22(13-6-7-20-14(21-13)24-3)11-5-4-10(16)8-12(11)23-15(17,18)19/h4-9H,1-3H3. The largest absolute Gasteiger partial charge is 0.573 e. The molecule has 0 atom stereocenters. The molecule has 0 aliphatic heterocycles. The second kappa shape index (κ2) is 7.25. The van der Waals surface area contributed by atoms with Gasteiger partial charge < -0.3 is 9.64 Å². The Kier molecular flexibility index (Phi) is 5.53. The molecule has 1 aromatic carbocycles. The van der Waals surface area contributed by atoms with Crippen LogP contribution >= 0.6 is 11.8 Å². The van der Waals surface area contributed by atoms with Gasteiger partial charge in [0.1, 0.15) is 11.6 Å². The second-order valence-corrected chi connectivity index (χ2v) is 5.80. The van der Waals surface area contributed by atoms with Crippen molar-refractivity contribution >= 4 is 23.3 Å². The summed E-state index contributed by atoms with van der Waals surface area (Å²) in [6.07, 6.45) is -1.63. The third kappa shape index (κ3) is 4.50. The summed E-state index contributed by atoms with van der Waals surface area (Å²) in [5.74, 6) is -1.06. The van der Waals surface area contributed by atoms with Gasteiger partial charge in [-0.15, -0.1) is 13.2 Å². The number of rotatable bonds is 5. The van der Waals surface area contributed by atoms with Crippen LogP contribution in [0.4, 0.5) is 29.1 Å². The van der Waals surface area contributed by atoms with Crippen LogP contribution < -0.4 is 9.64 Å². The van der Waals surface area contributed by atoms with E-state index in [9.17, 15) is 17.6 Å². The molecule has 0 aliphatic rings. The molecule has 2 aromatic rings. The lowest BCUT2D eigenvalue weighted by atomic mass is 10.2. The molecule has 24 heavy (non-hydrogen) atoms. The van der Waals surface area contributed by atoms with E-state index in [0.29, 0.717) is 17.0 Å². The maximum atomic E-state index is 13.4. The maximum absolute atomic E-state index is 13.4. The van der Waals surface area contributed by atoms with Crippen molar-refractivity contribution in [2.75, 3.05) is 11.2 Å². The molecular formula is C15H15F4N3OS. The number of hydrogen-bond donors (Lipinski definition) is 0. The lowest BCUT2D eigenvalue weighted by molar-refractivity contribution is -0.274. The van der Waals surface area contributed by atoms with E-state index in [2.05, 4.69) is 14.7 Å². The normalized spacial score (nSPS) is 11.7. The van der Waals surface area contributed by atoms with Gasteiger partial charge in [-0.1, -0.05) is 11.8 Å². The average molecular weight is 361 g/mol. The van der Waals surface area contributed by atoms with Crippen molar-refractivity contribution in [3.63, 3.8) is 0 Å². The van der Waals surface area contributed by atoms with Gasteiger partial charge in [0.05, 0.1) is 5.69 Å². The van der Waals surface area contributed by atoms with Crippen molar-refractivity contribution in [2.45, 2.75) is 31.4 Å². The number of aromatic nitrogens is 2. The summed E-state index contributed by atoms with van der Waals surface area (Å²) in [6.45, 7) is 3.56. The van der Waals surface area contributed by atoms with E-state index in [1.807, 2.05) is 0 Å². The molecule has 0 saturated heterocycles. The molecule has 0 radical (unpaired) electrons. The average Bonchev–Trinajstić information content (AvgIpc) is 2.48. The Morgan fingerprint density at radius 1 is 1.21 bits per heavy atom. The molecule has 1 heterocycles. The predicted molar refractivity (Wildman–Crippen MR) is 84.2 cm³/mol. The quantitative estimate of drug-likeness (QED) is 0.435. The highest BCUT2D eigenvalue weighted by Crippen LogP contribution is 2.38. The molecule has 9 heteroatoms. The first-order valence-electron chi connectivity index (χ1n) is 6.93. The van der Waals surface area contributed by atoms with Gasteiger partial charge in [0, 0.05) is 18.3 Å². The van der Waals surface area contributed by atoms with Crippen molar-refractivity contribution in [1.29, 1.82) is 0 Å². The molecule has 4 nitrogen and oxygen atoms in total. The Hall–Kier alpha value is -2.03. The van der Waals surface area contributed by atoms with Crippen LogP contribution in [-0.2, 0) is 0 Å². The highest BCUT2D eigenvalue weighted by atomic mass is 32.2. The van der Waals surface area contributed by atoms with Gasteiger partial charge >= 0.3 is 6.36 Å². The summed E-state index contributed by atoms with van der Waals surface area (Å²) < 4.78 is 55.3. The van der Waals surface area contributed by atoms with E-state index in [0.717, 1.165) is 6.07 Å². The zero-order valence-corrected chi connectivity index (χ0v) is 14.0. The third-order valence-corrected chi connectivity index (χ3v) is 3.53. The summed E-state index contributed by atoms with van der Waals surface area (Å²) in [6, 6.07) is 4.33. The number of nitrogens with zero attached hydrogens (tertiary/aromatic N) is 3. The highest BCUT2D eigenvalue weighted by molar-refractivity contribution is 7.98. The van der Waals surface area contributed by atoms with E-state index in [1.165, 1.54) is 28.9 Å². The van der Waals surface area contributed by atoms with E-state index < -0.39 is 17.9 Å². The minimum atomic E-state index is -4.93. The van der Waals surface area contributed by atoms with Crippen LogP contribution in [0.5, 0.6) is 5.75 Å². The molecule has 0 saturated carbocycles. The van der Waals surface area contributed by atoms with E-state index in [1.54, 1.807) is 26.2 Å². The smallest absolute Gasteiger partial charge is 0.403 e. The summed E-state index contributed by atoms with van der Waals surface area (Å²) in [5.41, 5.74) is 0.0643. The minimum Gasteiger partial charge on any atom is -0.403 e. The third-order valence-electron chi connectivity index (χ3n) is 2.97. The predicted octanol–water partition coefficient (Wildman–Crippen LogP) is 4.78. The fraction of sp³-hybridized carbons (Fsp3) is 0.333. The number of ether oxygens (including phenoxy) is 1. The summed E-state index contributed by atoms with van der Waals surface area (Å²) in [5, 5.41) is 0.471. The van der Waals surface area contributed by atoms with Crippen LogP contribution in [0.15, 0.2) is 35.6 Å². The highest BCUT2D eigenvalue weighted by Gasteiger charge is 2.33. The fourth-order valence-electron chi connectivity index (χ4n) is 2.12. The number of benzene rings is 1. The molecule has 130 valence electrons. The van der Waals surface area contributed by atoms with E-state index >= 15 is 0 Å². The Morgan fingerprint density at radius 2 is 1.92 bits per heavy atom. The molecule has 0 N–H and O–H groups in total. The van der Waals surface area contributed by atoms with Crippen LogP contribution in [0.3, 0.4) is 0 Å². The van der Waals surface area contributed by atoms with Gasteiger partial charge in [-0.05, 0) is 38.3 Å². The number of hydrogen-bond acceptors (Lipinski definition) is 5. The summed E-state index contributed by atoms with van der Waals surface area (Å²) in [4.78, 5) is 9.87. The number of anilines is 2. The van der Waals surface area contributed by atoms with E-state index in [-0.39, 0.29) is 11.7 Å². The van der Waals surface area contributed by atoms with Gasteiger partial charge in [0.15, 0.2) is 10.9 Å². The van der Waals surface area contributed by atoms with Crippen molar-refractivity contribution in [3.05, 3.63) is 36.3 Å².